The number of hydrogen-bond donors (Lipinski definition) is 3. The highest BCUT2D eigenvalue weighted by Gasteiger charge is 2.50. The molecule has 6 unspecified atom stereocenters. The highest BCUT2D eigenvalue weighted by Crippen LogP contribution is 2.26. The first-order valence-corrected chi connectivity index (χ1v) is 28.5. The number of hydrogen-bond acceptors (Lipinski definition) is 11. The van der Waals surface area contributed by atoms with Crippen molar-refractivity contribution in [1.82, 2.24) is 0 Å². The number of aliphatic carboxylic acids is 1. The van der Waals surface area contributed by atoms with Crippen LogP contribution in [0.4, 0.5) is 0 Å². The van der Waals surface area contributed by atoms with Crippen LogP contribution in [0.2, 0.25) is 0 Å². The molecule has 6 atom stereocenters. The summed E-state index contributed by atoms with van der Waals surface area (Å²) < 4.78 is 28.1. The number of carbonyl (C=O) groups is 4. The van der Waals surface area contributed by atoms with Crippen molar-refractivity contribution >= 4 is 23.9 Å². The number of rotatable bonds is 45. The average molecular weight is 1070 g/mol. The molecule has 0 aromatic rings. The molecule has 0 aromatic carbocycles. The number of ether oxygens (including phenoxy) is 5. The minimum atomic E-state index is -1.96. The van der Waals surface area contributed by atoms with Gasteiger partial charge in [-0.05, 0) is 109 Å². The molecule has 0 saturated carbocycles. The number of aliphatic hydroxyl groups excluding tert-OH is 2. The smallest absolute Gasteiger partial charge is 0.335 e. The van der Waals surface area contributed by atoms with Crippen LogP contribution in [-0.4, -0.2) is 89.2 Å². The molecule has 0 radical (unpaired) electrons. The third kappa shape index (κ3) is 41.2. The lowest BCUT2D eigenvalue weighted by atomic mass is 9.98. The molecule has 0 aromatic heterocycles. The zero-order valence-electron chi connectivity index (χ0n) is 46.9. The molecular formula is C65H96O12. The van der Waals surface area contributed by atoms with Gasteiger partial charge in [-0.3, -0.25) is 14.4 Å². The second-order valence-corrected chi connectivity index (χ2v) is 18.4. The number of aliphatic hydroxyl groups is 2. The van der Waals surface area contributed by atoms with Gasteiger partial charge in [0.1, 0.15) is 18.8 Å². The zero-order chi connectivity index (χ0) is 56.1. The number of carbonyl (C=O) groups excluding carboxylic acids is 3. The van der Waals surface area contributed by atoms with Gasteiger partial charge in [0.15, 0.2) is 24.6 Å². The van der Waals surface area contributed by atoms with Gasteiger partial charge < -0.3 is 39.0 Å². The minimum Gasteiger partial charge on any atom is -0.479 e. The quantitative estimate of drug-likeness (QED) is 0.0228. The van der Waals surface area contributed by atoms with Crippen molar-refractivity contribution in [2.24, 2.45) is 0 Å². The summed E-state index contributed by atoms with van der Waals surface area (Å²) in [5.41, 5.74) is 0. The second-order valence-electron chi connectivity index (χ2n) is 18.4. The normalized spacial score (nSPS) is 19.2. The summed E-state index contributed by atoms with van der Waals surface area (Å²) in [5, 5.41) is 31.4. The van der Waals surface area contributed by atoms with Gasteiger partial charge >= 0.3 is 23.9 Å². The molecule has 12 heteroatoms. The molecule has 428 valence electrons. The van der Waals surface area contributed by atoms with E-state index in [0.717, 1.165) is 109 Å². The third-order valence-electron chi connectivity index (χ3n) is 11.6. The Morgan fingerprint density at radius 3 is 1.30 bits per heavy atom. The van der Waals surface area contributed by atoms with Gasteiger partial charge in [0, 0.05) is 12.8 Å². The molecule has 12 nitrogen and oxygen atoms in total. The Bertz CT molecular complexity index is 1940. The number of esters is 3. The van der Waals surface area contributed by atoms with Crippen molar-refractivity contribution in [3.63, 3.8) is 0 Å². The fraction of sp³-hybridized carbons (Fsp3) is 0.538. The van der Waals surface area contributed by atoms with Crippen molar-refractivity contribution in [2.75, 3.05) is 13.2 Å². The van der Waals surface area contributed by atoms with Crippen LogP contribution in [0, 0.1) is 0 Å². The highest BCUT2D eigenvalue weighted by atomic mass is 16.7. The van der Waals surface area contributed by atoms with Crippen molar-refractivity contribution < 1.29 is 58.2 Å². The number of carboxylic acid groups (broad SMARTS) is 1. The molecule has 0 aliphatic carbocycles. The number of carboxylic acids is 1. The van der Waals surface area contributed by atoms with Gasteiger partial charge in [0.2, 0.25) is 0 Å². The van der Waals surface area contributed by atoms with Crippen LogP contribution in [-0.2, 0) is 42.9 Å². The minimum absolute atomic E-state index is 0.0179. The molecule has 0 amide bonds. The Morgan fingerprint density at radius 2 is 0.844 bits per heavy atom. The molecule has 1 fully saturated rings. The highest BCUT2D eigenvalue weighted by molar-refractivity contribution is 5.74. The lowest BCUT2D eigenvalue weighted by Crippen LogP contribution is -2.61. The van der Waals surface area contributed by atoms with Crippen LogP contribution >= 0.6 is 0 Å². The summed E-state index contributed by atoms with van der Waals surface area (Å²) in [6.07, 6.45) is 62.6. The first-order valence-electron chi connectivity index (χ1n) is 28.5. The molecule has 1 heterocycles. The van der Waals surface area contributed by atoms with Crippen LogP contribution in [0.25, 0.3) is 0 Å². The fourth-order valence-electron chi connectivity index (χ4n) is 7.39. The topological polar surface area (TPSA) is 175 Å². The maximum Gasteiger partial charge on any atom is 0.335 e. The van der Waals surface area contributed by atoms with Crippen molar-refractivity contribution in [1.29, 1.82) is 0 Å². The van der Waals surface area contributed by atoms with Crippen LogP contribution in [0.1, 0.15) is 175 Å². The summed E-state index contributed by atoms with van der Waals surface area (Å²) in [6, 6.07) is 0. The molecular weight excluding hydrogens is 973 g/mol. The predicted octanol–water partition coefficient (Wildman–Crippen LogP) is 14.6. The number of unbranched alkanes of at least 4 members (excludes halogenated alkanes) is 6. The maximum absolute atomic E-state index is 13.1. The molecule has 1 rings (SSSR count). The van der Waals surface area contributed by atoms with E-state index in [-0.39, 0.29) is 25.9 Å². The van der Waals surface area contributed by atoms with E-state index in [0.29, 0.717) is 25.7 Å². The molecule has 77 heavy (non-hydrogen) atoms. The summed E-state index contributed by atoms with van der Waals surface area (Å²) in [4.78, 5) is 51.0. The largest absolute Gasteiger partial charge is 0.479 e. The van der Waals surface area contributed by atoms with E-state index in [2.05, 4.69) is 136 Å². The first kappa shape index (κ1) is 69.4. The molecule has 1 aliphatic heterocycles. The first-order chi connectivity index (χ1) is 37.6. The van der Waals surface area contributed by atoms with Crippen LogP contribution in [0.3, 0.4) is 0 Å². The van der Waals surface area contributed by atoms with Gasteiger partial charge in [0.25, 0.3) is 0 Å². The Hall–Kier alpha value is -5.66. The van der Waals surface area contributed by atoms with Crippen LogP contribution in [0.15, 0.2) is 158 Å². The van der Waals surface area contributed by atoms with E-state index in [1.54, 1.807) is 12.2 Å². The predicted molar refractivity (Wildman–Crippen MR) is 312 cm³/mol. The van der Waals surface area contributed by atoms with Gasteiger partial charge in [-0.2, -0.15) is 0 Å². The van der Waals surface area contributed by atoms with Gasteiger partial charge in [0.05, 0.1) is 13.0 Å². The van der Waals surface area contributed by atoms with Gasteiger partial charge in [-0.25, -0.2) is 4.79 Å². The summed E-state index contributed by atoms with van der Waals surface area (Å²) in [6.45, 7) is 5.50. The molecule has 1 aliphatic rings. The number of allylic oxidation sites excluding steroid dienone is 25. The van der Waals surface area contributed by atoms with E-state index in [9.17, 15) is 34.5 Å². The molecule has 1 saturated heterocycles. The third-order valence-corrected chi connectivity index (χ3v) is 11.6. The van der Waals surface area contributed by atoms with E-state index < -0.39 is 67.3 Å². The van der Waals surface area contributed by atoms with E-state index in [1.165, 1.54) is 0 Å². The lowest BCUT2D eigenvalue weighted by Gasteiger charge is -2.40. The van der Waals surface area contributed by atoms with E-state index in [4.69, 9.17) is 23.7 Å². The fourth-order valence-corrected chi connectivity index (χ4v) is 7.39. The average Bonchev–Trinajstić information content (AvgIpc) is 3.42. The van der Waals surface area contributed by atoms with Crippen molar-refractivity contribution in [3.05, 3.63) is 158 Å². The standard InChI is InChI=1S/C65H96O12/c1-4-7-10-13-16-19-22-25-27-28-29-30-32-34-36-39-42-45-48-51-57(66)73-54-56(75-58(67)52-49-46-43-40-37-33-24-21-18-15-12-9-6-3)55-74-65-63(61(70)60(69)62(77-65)64(71)72)76-59(68)53-50-47-44-41-38-35-31-26-23-20-17-14-11-8-5-2/h7-12,16-21,25-27,29-31,33,37-38,41,43,46-47,50,56,60-63,65,69-70H,4-6,13-15,22-24,28,32,34-36,39-40,42,44-45,48-49,51-55H2,1-3H3,(H,71,72)/b10-7-,11-8-,12-9-,19-16-,20-17-,21-18-,27-25-,30-29-,31-26-,37-33-,41-38-,46-43-,50-47-. The second kappa shape index (κ2) is 51.1. The molecule has 3 N–H and O–H groups in total. The summed E-state index contributed by atoms with van der Waals surface area (Å²) in [7, 11) is 0. The van der Waals surface area contributed by atoms with E-state index >= 15 is 0 Å². The zero-order valence-corrected chi connectivity index (χ0v) is 46.9. The lowest BCUT2D eigenvalue weighted by molar-refractivity contribution is -0.301. The molecule has 0 bridgehead atoms. The molecule has 0 spiro atoms. The maximum atomic E-state index is 13.1. The van der Waals surface area contributed by atoms with E-state index in [1.807, 2.05) is 30.4 Å². The van der Waals surface area contributed by atoms with Crippen molar-refractivity contribution in [3.8, 4) is 0 Å². The monoisotopic (exact) mass is 1070 g/mol. The Kier molecular flexibility index (Phi) is 46.0. The van der Waals surface area contributed by atoms with Gasteiger partial charge in [-0.1, -0.05) is 204 Å². The van der Waals surface area contributed by atoms with Crippen LogP contribution in [0.5, 0.6) is 0 Å². The Balaban J connectivity index is 2.79. The SMILES string of the molecule is CC/C=C\C/C=C\C/C=C\C/C=C\C/C=C\CC(=O)OC1C(OCC(COC(=O)CCCCCCCC/C=C\C/C=C\C/C=C\C/C=C\CC)OC(=O)CC/C=C\C/C=C\C/C=C\C/C=C\CC)OC(C(=O)O)C(O)C1O. The van der Waals surface area contributed by atoms with Gasteiger partial charge in [-0.15, -0.1) is 0 Å². The Labute approximate surface area is 463 Å². The van der Waals surface area contributed by atoms with Crippen LogP contribution < -0.4 is 0 Å². The summed E-state index contributed by atoms with van der Waals surface area (Å²) >= 11 is 0. The Morgan fingerprint density at radius 1 is 0.442 bits per heavy atom. The summed E-state index contributed by atoms with van der Waals surface area (Å²) in [5.74, 6) is -3.44. The van der Waals surface area contributed by atoms with Crippen molar-refractivity contribution in [2.45, 2.75) is 212 Å².